The maximum atomic E-state index is 12.1. The Hall–Kier alpha value is -2.83. The first-order valence-electron chi connectivity index (χ1n) is 6.32. The molecule has 0 bridgehead atoms. The minimum Gasteiger partial charge on any atom is -0.494 e. The third-order valence-electron chi connectivity index (χ3n) is 2.70. The fraction of sp³-hybridized carbons (Fsp3) is 0.214. The second kappa shape index (κ2) is 6.08. The van der Waals surface area contributed by atoms with Crippen LogP contribution >= 0.6 is 0 Å². The van der Waals surface area contributed by atoms with Crippen molar-refractivity contribution in [3.05, 3.63) is 41.7 Å². The van der Waals surface area contributed by atoms with E-state index in [-0.39, 0.29) is 11.3 Å². The Kier molecular flexibility index (Phi) is 4.22. The molecule has 7 nitrogen and oxygen atoms in total. The molecule has 0 aliphatic heterocycles. The number of nitrogens with one attached hydrogen (secondary N) is 1. The molecule has 0 unspecified atom stereocenters. The van der Waals surface area contributed by atoms with E-state index < -0.39 is 11.9 Å². The lowest BCUT2D eigenvalue weighted by atomic mass is 10.2. The summed E-state index contributed by atoms with van der Waals surface area (Å²) in [5, 5.41) is 15.4. The lowest BCUT2D eigenvalue weighted by molar-refractivity contribution is 0.0685. The van der Waals surface area contributed by atoms with Crippen LogP contribution in [-0.4, -0.2) is 33.4 Å². The first kappa shape index (κ1) is 14.6. The topological polar surface area (TPSA) is 93.5 Å². The number of ether oxygens (including phenoxy) is 1. The molecule has 0 saturated carbocycles. The molecule has 0 spiro atoms. The van der Waals surface area contributed by atoms with Gasteiger partial charge in [0.25, 0.3) is 5.91 Å². The van der Waals surface area contributed by atoms with Gasteiger partial charge in [-0.3, -0.25) is 9.48 Å². The predicted molar refractivity (Wildman–Crippen MR) is 75.7 cm³/mol. The standard InChI is InChI=1S/C14H15N3O4/c1-3-21-10-6-4-9(5-7-10)15-13(18)11-8-17(2)16-12(11)14(19)20/h4-8H,3H2,1-2H3,(H,15,18)(H,19,20). The minimum absolute atomic E-state index is 0.0129. The van der Waals surface area contributed by atoms with E-state index in [0.717, 1.165) is 0 Å². The molecule has 0 fully saturated rings. The molecule has 0 radical (unpaired) electrons. The zero-order valence-electron chi connectivity index (χ0n) is 11.7. The highest BCUT2D eigenvalue weighted by Crippen LogP contribution is 2.17. The van der Waals surface area contributed by atoms with Gasteiger partial charge >= 0.3 is 5.97 Å². The number of carbonyl (C=O) groups excluding carboxylic acids is 1. The van der Waals surface area contributed by atoms with Crippen LogP contribution in [0.2, 0.25) is 0 Å². The molecule has 1 aromatic heterocycles. The number of carboxylic acids is 1. The number of carboxylic acid groups (broad SMARTS) is 1. The van der Waals surface area contributed by atoms with Crippen LogP contribution in [0.3, 0.4) is 0 Å². The number of aryl methyl sites for hydroxylation is 1. The van der Waals surface area contributed by atoms with Gasteiger partial charge in [0, 0.05) is 18.9 Å². The van der Waals surface area contributed by atoms with Crippen molar-refractivity contribution in [2.75, 3.05) is 11.9 Å². The number of hydrogen-bond acceptors (Lipinski definition) is 4. The van der Waals surface area contributed by atoms with Gasteiger partial charge in [-0.2, -0.15) is 5.10 Å². The van der Waals surface area contributed by atoms with Crippen LogP contribution in [0.1, 0.15) is 27.8 Å². The average Bonchev–Trinajstić information content (AvgIpc) is 2.84. The monoisotopic (exact) mass is 289 g/mol. The molecule has 2 rings (SSSR count). The lowest BCUT2D eigenvalue weighted by Crippen LogP contribution is -2.15. The number of carbonyl (C=O) groups is 2. The summed E-state index contributed by atoms with van der Waals surface area (Å²) in [5.74, 6) is -1.07. The fourth-order valence-corrected chi connectivity index (χ4v) is 1.81. The SMILES string of the molecule is CCOc1ccc(NC(=O)c2cn(C)nc2C(=O)O)cc1. The molecule has 0 atom stereocenters. The first-order chi connectivity index (χ1) is 10.0. The molecule has 2 aromatic rings. The number of anilines is 1. The summed E-state index contributed by atoms with van der Waals surface area (Å²) >= 11 is 0. The maximum Gasteiger partial charge on any atom is 0.357 e. The van der Waals surface area contributed by atoms with Gasteiger partial charge in [0.05, 0.1) is 12.2 Å². The summed E-state index contributed by atoms with van der Waals surface area (Å²) in [4.78, 5) is 23.1. The Morgan fingerprint density at radius 3 is 2.57 bits per heavy atom. The Bertz CT molecular complexity index is 661. The normalized spacial score (nSPS) is 10.2. The number of rotatable bonds is 5. The van der Waals surface area contributed by atoms with E-state index in [9.17, 15) is 9.59 Å². The van der Waals surface area contributed by atoms with Crippen molar-refractivity contribution in [1.29, 1.82) is 0 Å². The first-order valence-corrected chi connectivity index (χ1v) is 6.32. The van der Waals surface area contributed by atoms with E-state index in [2.05, 4.69) is 10.4 Å². The molecular formula is C14H15N3O4. The Morgan fingerprint density at radius 2 is 2.00 bits per heavy atom. The van der Waals surface area contributed by atoms with Gasteiger partial charge in [0.2, 0.25) is 0 Å². The van der Waals surface area contributed by atoms with Crippen molar-refractivity contribution in [3.63, 3.8) is 0 Å². The summed E-state index contributed by atoms with van der Waals surface area (Å²) in [6.07, 6.45) is 1.37. The van der Waals surface area contributed by atoms with Gasteiger partial charge in [0.1, 0.15) is 5.75 Å². The fourth-order valence-electron chi connectivity index (χ4n) is 1.81. The highest BCUT2D eigenvalue weighted by Gasteiger charge is 2.20. The number of benzene rings is 1. The summed E-state index contributed by atoms with van der Waals surface area (Å²) < 4.78 is 6.59. The Balaban J connectivity index is 2.16. The van der Waals surface area contributed by atoms with Crippen LogP contribution in [-0.2, 0) is 7.05 Å². The van der Waals surface area contributed by atoms with E-state index in [1.165, 1.54) is 10.9 Å². The maximum absolute atomic E-state index is 12.1. The molecule has 1 aromatic carbocycles. The van der Waals surface area contributed by atoms with Crippen LogP contribution < -0.4 is 10.1 Å². The Morgan fingerprint density at radius 1 is 1.33 bits per heavy atom. The van der Waals surface area contributed by atoms with Gasteiger partial charge in [-0.1, -0.05) is 0 Å². The summed E-state index contributed by atoms with van der Waals surface area (Å²) in [6, 6.07) is 6.81. The molecule has 1 heterocycles. The van der Waals surface area contributed by atoms with E-state index in [1.807, 2.05) is 6.92 Å². The average molecular weight is 289 g/mol. The van der Waals surface area contributed by atoms with Crippen LogP contribution in [0.25, 0.3) is 0 Å². The van der Waals surface area contributed by atoms with E-state index in [4.69, 9.17) is 9.84 Å². The molecule has 0 aliphatic carbocycles. The molecule has 0 saturated heterocycles. The van der Waals surface area contributed by atoms with Gasteiger partial charge in [-0.25, -0.2) is 4.79 Å². The number of aromatic nitrogens is 2. The van der Waals surface area contributed by atoms with Crippen LogP contribution in [0, 0.1) is 0 Å². The number of hydrogen-bond donors (Lipinski definition) is 2. The van der Waals surface area contributed by atoms with E-state index in [1.54, 1.807) is 31.3 Å². The summed E-state index contributed by atoms with van der Waals surface area (Å²) in [6.45, 7) is 2.44. The minimum atomic E-state index is -1.24. The van der Waals surface area contributed by atoms with Gasteiger partial charge in [-0.15, -0.1) is 0 Å². The van der Waals surface area contributed by atoms with E-state index >= 15 is 0 Å². The van der Waals surface area contributed by atoms with E-state index in [0.29, 0.717) is 18.0 Å². The van der Waals surface area contributed by atoms with Crippen LogP contribution in [0.15, 0.2) is 30.5 Å². The molecular weight excluding hydrogens is 274 g/mol. The zero-order chi connectivity index (χ0) is 15.4. The third kappa shape index (κ3) is 3.38. The highest BCUT2D eigenvalue weighted by atomic mass is 16.5. The molecule has 0 aliphatic rings. The number of amides is 1. The largest absolute Gasteiger partial charge is 0.494 e. The second-order valence-corrected chi connectivity index (χ2v) is 4.28. The lowest BCUT2D eigenvalue weighted by Gasteiger charge is -2.06. The zero-order valence-corrected chi connectivity index (χ0v) is 11.7. The third-order valence-corrected chi connectivity index (χ3v) is 2.70. The Labute approximate surface area is 121 Å². The van der Waals surface area contributed by atoms with Crippen molar-refractivity contribution in [3.8, 4) is 5.75 Å². The van der Waals surface area contributed by atoms with Gasteiger partial charge in [0.15, 0.2) is 5.69 Å². The van der Waals surface area contributed by atoms with Crippen molar-refractivity contribution in [2.45, 2.75) is 6.92 Å². The van der Waals surface area contributed by atoms with Crippen LogP contribution in [0.4, 0.5) is 5.69 Å². The van der Waals surface area contributed by atoms with Crippen LogP contribution in [0.5, 0.6) is 5.75 Å². The smallest absolute Gasteiger partial charge is 0.357 e. The van der Waals surface area contributed by atoms with Crippen molar-refractivity contribution in [1.82, 2.24) is 9.78 Å². The highest BCUT2D eigenvalue weighted by molar-refractivity contribution is 6.09. The summed E-state index contributed by atoms with van der Waals surface area (Å²) in [5.41, 5.74) is 0.281. The van der Waals surface area contributed by atoms with Crippen molar-refractivity contribution < 1.29 is 19.4 Å². The molecule has 1 amide bonds. The quantitative estimate of drug-likeness (QED) is 0.875. The molecule has 110 valence electrons. The number of nitrogens with zero attached hydrogens (tertiary/aromatic N) is 2. The second-order valence-electron chi connectivity index (χ2n) is 4.28. The van der Waals surface area contributed by atoms with Gasteiger partial charge in [-0.05, 0) is 31.2 Å². The molecule has 2 N–H and O–H groups in total. The number of aromatic carboxylic acids is 1. The van der Waals surface area contributed by atoms with Gasteiger partial charge < -0.3 is 15.2 Å². The summed E-state index contributed by atoms with van der Waals surface area (Å²) in [7, 11) is 1.56. The molecule has 7 heteroatoms. The molecule has 21 heavy (non-hydrogen) atoms. The van der Waals surface area contributed by atoms with Crippen molar-refractivity contribution >= 4 is 17.6 Å². The van der Waals surface area contributed by atoms with Crippen molar-refractivity contribution in [2.24, 2.45) is 7.05 Å². The predicted octanol–water partition coefficient (Wildman–Crippen LogP) is 1.77.